The fourth-order valence-corrected chi connectivity index (χ4v) is 5.03. The summed E-state index contributed by atoms with van der Waals surface area (Å²) in [7, 11) is -1.88. The normalized spacial score (nSPS) is 18.7. The number of nitrogens with one attached hydrogen (secondary N) is 1. The standard InChI is InChI=1S/C18H26N2O5S/c1-23-11-12-25-14-24-10-7-16-3-2-9-20(16)26(21,22)17-5-4-15-6-8-19-18(15)13-17/h4-6,8,13,16,19H,2-3,7,9-12,14H2,1H3/t16-/m1/s1. The van der Waals surface area contributed by atoms with Gasteiger partial charge in [-0.2, -0.15) is 4.31 Å². The number of fused-ring (bicyclic) bond motifs is 1. The number of aromatic nitrogens is 1. The van der Waals surface area contributed by atoms with Crippen molar-refractivity contribution in [1.29, 1.82) is 0 Å². The van der Waals surface area contributed by atoms with E-state index in [9.17, 15) is 8.42 Å². The smallest absolute Gasteiger partial charge is 0.243 e. The molecule has 0 bridgehead atoms. The van der Waals surface area contributed by atoms with Gasteiger partial charge in [0.05, 0.1) is 24.7 Å². The van der Waals surface area contributed by atoms with Crippen molar-refractivity contribution in [3.63, 3.8) is 0 Å². The maximum absolute atomic E-state index is 13.1. The molecule has 1 fully saturated rings. The summed E-state index contributed by atoms with van der Waals surface area (Å²) in [6, 6.07) is 7.13. The van der Waals surface area contributed by atoms with E-state index in [0.29, 0.717) is 37.7 Å². The molecule has 1 aromatic heterocycles. The lowest BCUT2D eigenvalue weighted by Crippen LogP contribution is -2.36. The number of H-pyrrole nitrogens is 1. The lowest BCUT2D eigenvalue weighted by Gasteiger charge is -2.24. The summed E-state index contributed by atoms with van der Waals surface area (Å²) >= 11 is 0. The van der Waals surface area contributed by atoms with Crippen LogP contribution in [-0.4, -0.2) is 64.0 Å². The van der Waals surface area contributed by atoms with Crippen LogP contribution < -0.4 is 0 Å². The molecule has 7 nitrogen and oxygen atoms in total. The largest absolute Gasteiger partial charge is 0.382 e. The van der Waals surface area contributed by atoms with E-state index in [-0.39, 0.29) is 12.8 Å². The van der Waals surface area contributed by atoms with Crippen molar-refractivity contribution in [3.8, 4) is 0 Å². The topological polar surface area (TPSA) is 80.9 Å². The van der Waals surface area contributed by atoms with Crippen molar-refractivity contribution in [2.75, 3.05) is 40.3 Å². The molecule has 0 amide bonds. The third kappa shape index (κ3) is 4.44. The molecule has 0 aliphatic carbocycles. The van der Waals surface area contributed by atoms with Crippen LogP contribution >= 0.6 is 0 Å². The molecular weight excluding hydrogens is 356 g/mol. The Bertz CT molecular complexity index is 805. The molecule has 0 unspecified atom stereocenters. The van der Waals surface area contributed by atoms with E-state index in [1.165, 1.54) is 0 Å². The lowest BCUT2D eigenvalue weighted by molar-refractivity contribution is -0.0679. The van der Waals surface area contributed by atoms with Gasteiger partial charge in [-0.25, -0.2) is 8.42 Å². The first kappa shape index (κ1) is 19.3. The first-order valence-corrected chi connectivity index (χ1v) is 10.3. The maximum atomic E-state index is 13.1. The highest BCUT2D eigenvalue weighted by molar-refractivity contribution is 7.89. The summed E-state index contributed by atoms with van der Waals surface area (Å²) in [5, 5.41) is 1.00. The highest BCUT2D eigenvalue weighted by atomic mass is 32.2. The van der Waals surface area contributed by atoms with E-state index in [0.717, 1.165) is 23.7 Å². The van der Waals surface area contributed by atoms with Crippen LogP contribution in [-0.2, 0) is 24.2 Å². The zero-order chi connectivity index (χ0) is 18.4. The number of sulfonamides is 1. The Morgan fingerprint density at radius 3 is 2.88 bits per heavy atom. The molecule has 2 heterocycles. The minimum Gasteiger partial charge on any atom is -0.382 e. The minimum atomic E-state index is -3.50. The number of rotatable bonds is 10. The Hall–Kier alpha value is -1.45. The predicted molar refractivity (Wildman–Crippen MR) is 98.5 cm³/mol. The lowest BCUT2D eigenvalue weighted by atomic mass is 10.2. The summed E-state index contributed by atoms with van der Waals surface area (Å²) in [5.41, 5.74) is 0.832. The summed E-state index contributed by atoms with van der Waals surface area (Å²) in [6.45, 7) is 2.25. The van der Waals surface area contributed by atoms with Gasteiger partial charge in [0.1, 0.15) is 6.79 Å². The van der Waals surface area contributed by atoms with Crippen LogP contribution in [0.25, 0.3) is 10.9 Å². The second-order valence-corrected chi connectivity index (χ2v) is 8.24. The van der Waals surface area contributed by atoms with Crippen molar-refractivity contribution in [3.05, 3.63) is 30.5 Å². The summed E-state index contributed by atoms with van der Waals surface area (Å²) in [5.74, 6) is 0. The van der Waals surface area contributed by atoms with Crippen LogP contribution in [0, 0.1) is 0 Å². The predicted octanol–water partition coefficient (Wildman–Crippen LogP) is 2.35. The van der Waals surface area contributed by atoms with E-state index in [1.807, 2.05) is 18.3 Å². The Morgan fingerprint density at radius 1 is 1.19 bits per heavy atom. The van der Waals surface area contributed by atoms with Gasteiger partial charge in [-0.15, -0.1) is 0 Å². The summed E-state index contributed by atoms with van der Waals surface area (Å²) < 4.78 is 43.3. The van der Waals surface area contributed by atoms with Crippen molar-refractivity contribution in [2.24, 2.45) is 0 Å². The van der Waals surface area contributed by atoms with Crippen LogP contribution in [0.1, 0.15) is 19.3 Å². The Labute approximate surface area is 154 Å². The van der Waals surface area contributed by atoms with Gasteiger partial charge in [0.15, 0.2) is 0 Å². The third-order valence-corrected chi connectivity index (χ3v) is 6.60. The zero-order valence-electron chi connectivity index (χ0n) is 15.0. The number of ether oxygens (including phenoxy) is 3. The van der Waals surface area contributed by atoms with Gasteiger partial charge in [0.2, 0.25) is 10.0 Å². The first-order valence-electron chi connectivity index (χ1n) is 8.86. The van der Waals surface area contributed by atoms with Gasteiger partial charge in [0.25, 0.3) is 0 Å². The number of methoxy groups -OCH3 is 1. The van der Waals surface area contributed by atoms with Crippen molar-refractivity contribution in [2.45, 2.75) is 30.2 Å². The molecule has 1 atom stereocenters. The average molecular weight is 382 g/mol. The summed E-state index contributed by atoms with van der Waals surface area (Å²) in [6.07, 6.45) is 4.21. The Kier molecular flexibility index (Phi) is 6.66. The van der Waals surface area contributed by atoms with Crippen molar-refractivity contribution < 1.29 is 22.6 Å². The highest BCUT2D eigenvalue weighted by Gasteiger charge is 2.35. The molecule has 1 saturated heterocycles. The molecule has 8 heteroatoms. The number of benzene rings is 1. The summed E-state index contributed by atoms with van der Waals surface area (Å²) in [4.78, 5) is 3.41. The molecule has 2 aromatic rings. The number of aromatic amines is 1. The van der Waals surface area contributed by atoms with Crippen LogP contribution in [0.5, 0.6) is 0 Å². The Morgan fingerprint density at radius 2 is 2.04 bits per heavy atom. The van der Waals surface area contributed by atoms with Gasteiger partial charge in [0, 0.05) is 31.4 Å². The first-order chi connectivity index (χ1) is 12.6. The van der Waals surface area contributed by atoms with Crippen molar-refractivity contribution in [1.82, 2.24) is 9.29 Å². The quantitative estimate of drug-likeness (QED) is 0.504. The van der Waals surface area contributed by atoms with Crippen LogP contribution in [0.4, 0.5) is 0 Å². The second kappa shape index (κ2) is 8.96. The molecular formula is C18H26N2O5S. The van der Waals surface area contributed by atoms with Crippen molar-refractivity contribution >= 4 is 20.9 Å². The average Bonchev–Trinajstić information content (AvgIpc) is 3.29. The molecule has 26 heavy (non-hydrogen) atoms. The van der Waals surface area contributed by atoms with Gasteiger partial charge in [-0.1, -0.05) is 6.07 Å². The van der Waals surface area contributed by atoms with Gasteiger partial charge < -0.3 is 19.2 Å². The fraction of sp³-hybridized carbons (Fsp3) is 0.556. The van der Waals surface area contributed by atoms with Gasteiger partial charge >= 0.3 is 0 Å². The molecule has 0 radical (unpaired) electrons. The molecule has 1 aliphatic heterocycles. The van der Waals surface area contributed by atoms with E-state index < -0.39 is 10.0 Å². The van der Waals surface area contributed by atoms with Crippen LogP contribution in [0.15, 0.2) is 35.4 Å². The van der Waals surface area contributed by atoms with E-state index in [4.69, 9.17) is 14.2 Å². The van der Waals surface area contributed by atoms with Gasteiger partial charge in [-0.05, 0) is 42.8 Å². The molecule has 1 aromatic carbocycles. The molecule has 1 N–H and O–H groups in total. The Balaban J connectivity index is 1.57. The number of hydrogen-bond donors (Lipinski definition) is 1. The van der Waals surface area contributed by atoms with E-state index >= 15 is 0 Å². The molecule has 144 valence electrons. The maximum Gasteiger partial charge on any atom is 0.243 e. The minimum absolute atomic E-state index is 0.0293. The molecule has 3 rings (SSSR count). The van der Waals surface area contributed by atoms with E-state index in [2.05, 4.69) is 4.98 Å². The van der Waals surface area contributed by atoms with Crippen LogP contribution in [0.2, 0.25) is 0 Å². The SMILES string of the molecule is COCCOCOCC[C@H]1CCCN1S(=O)(=O)c1ccc2cc[nH]c2c1. The third-order valence-electron chi connectivity index (χ3n) is 4.65. The zero-order valence-corrected chi connectivity index (χ0v) is 15.8. The fourth-order valence-electron chi connectivity index (χ4n) is 3.28. The molecule has 0 spiro atoms. The second-order valence-electron chi connectivity index (χ2n) is 6.35. The number of nitrogens with zero attached hydrogens (tertiary/aromatic N) is 1. The molecule has 1 aliphatic rings. The van der Waals surface area contributed by atoms with E-state index in [1.54, 1.807) is 23.5 Å². The number of hydrogen-bond acceptors (Lipinski definition) is 5. The highest BCUT2D eigenvalue weighted by Crippen LogP contribution is 2.29. The monoisotopic (exact) mass is 382 g/mol. The van der Waals surface area contributed by atoms with Gasteiger partial charge in [-0.3, -0.25) is 0 Å². The van der Waals surface area contributed by atoms with Crippen LogP contribution in [0.3, 0.4) is 0 Å². The molecule has 0 saturated carbocycles.